The Bertz CT molecular complexity index is 749. The molecule has 0 fully saturated rings. The van der Waals surface area contributed by atoms with E-state index in [9.17, 15) is 13.2 Å². The van der Waals surface area contributed by atoms with Crippen molar-refractivity contribution in [3.05, 3.63) is 17.2 Å². The molecule has 3 N–H and O–H groups in total. The molecule has 0 saturated heterocycles. The van der Waals surface area contributed by atoms with E-state index in [0.717, 1.165) is 4.68 Å². The van der Waals surface area contributed by atoms with Gasteiger partial charge in [-0.2, -0.15) is 10.3 Å². The number of nitrogens with one attached hydrogen (secondary N) is 2. The van der Waals surface area contributed by atoms with Crippen molar-refractivity contribution in [1.29, 1.82) is 0 Å². The van der Waals surface area contributed by atoms with Gasteiger partial charge >= 0.3 is 5.97 Å². The van der Waals surface area contributed by atoms with Crippen molar-refractivity contribution in [2.75, 3.05) is 0 Å². The number of carboxylic acid groups (broad SMARTS) is 1. The number of aromatic nitrogens is 6. The number of aliphatic carboxylic acids is 1. The molecule has 0 amide bonds. The molecule has 0 aliphatic rings. The summed E-state index contributed by atoms with van der Waals surface area (Å²) in [6.45, 7) is 2.44. The molecule has 21 heavy (non-hydrogen) atoms. The van der Waals surface area contributed by atoms with Crippen LogP contribution in [0, 0.1) is 13.8 Å². The molecule has 0 aliphatic heterocycles. The first kappa shape index (κ1) is 15.1. The van der Waals surface area contributed by atoms with E-state index in [4.69, 9.17) is 5.11 Å². The molecule has 0 bridgehead atoms. The van der Waals surface area contributed by atoms with Crippen molar-refractivity contribution in [2.45, 2.75) is 31.8 Å². The molecule has 12 heteroatoms. The smallest absolute Gasteiger partial charge is 0.325 e. The Morgan fingerprint density at radius 3 is 2.71 bits per heavy atom. The summed E-state index contributed by atoms with van der Waals surface area (Å²) in [6.07, 6.45) is 0. The minimum atomic E-state index is -3.86. The van der Waals surface area contributed by atoms with Gasteiger partial charge in [0, 0.05) is 0 Å². The van der Waals surface area contributed by atoms with Gasteiger partial charge in [0.25, 0.3) is 0 Å². The fraction of sp³-hybridized carbons (Fsp3) is 0.444. The molecule has 0 radical (unpaired) electrons. The first-order chi connectivity index (χ1) is 9.81. The third-order valence-electron chi connectivity index (χ3n) is 2.68. The number of hydrogen-bond acceptors (Lipinski definition) is 7. The number of aromatic amines is 1. The summed E-state index contributed by atoms with van der Waals surface area (Å²) in [4.78, 5) is 10.7. The Morgan fingerprint density at radius 1 is 1.43 bits per heavy atom. The Morgan fingerprint density at radius 2 is 2.14 bits per heavy atom. The summed E-state index contributed by atoms with van der Waals surface area (Å²) >= 11 is 0. The summed E-state index contributed by atoms with van der Waals surface area (Å²) in [5.41, 5.74) is 0.463. The zero-order valence-electron chi connectivity index (χ0n) is 11.2. The molecule has 114 valence electrons. The second kappa shape index (κ2) is 5.57. The predicted molar refractivity (Wildman–Crippen MR) is 67.5 cm³/mol. The monoisotopic (exact) mass is 315 g/mol. The van der Waals surface area contributed by atoms with Crippen molar-refractivity contribution in [2.24, 2.45) is 0 Å². The standard InChI is InChI=1S/C9H13N7O4S/c1-5-9(6(2)16(13-5)4-8(17)18)21(19,20)10-3-7-11-14-15-12-7/h10H,3-4H2,1-2H3,(H,17,18)(H,11,12,14,15). The third kappa shape index (κ3) is 3.22. The molecule has 11 nitrogen and oxygen atoms in total. The highest BCUT2D eigenvalue weighted by molar-refractivity contribution is 7.89. The second-order valence-corrected chi connectivity index (χ2v) is 5.91. The lowest BCUT2D eigenvalue weighted by molar-refractivity contribution is -0.137. The van der Waals surface area contributed by atoms with Crippen LogP contribution in [0.5, 0.6) is 0 Å². The normalized spacial score (nSPS) is 11.7. The van der Waals surface area contributed by atoms with Gasteiger partial charge < -0.3 is 5.11 Å². The topological polar surface area (TPSA) is 156 Å². The van der Waals surface area contributed by atoms with E-state index in [1.54, 1.807) is 0 Å². The van der Waals surface area contributed by atoms with Crippen LogP contribution < -0.4 is 4.72 Å². The van der Waals surface area contributed by atoms with Gasteiger partial charge in [-0.3, -0.25) is 9.48 Å². The van der Waals surface area contributed by atoms with Crippen LogP contribution >= 0.6 is 0 Å². The first-order valence-electron chi connectivity index (χ1n) is 5.79. The zero-order valence-corrected chi connectivity index (χ0v) is 12.0. The molecule has 2 rings (SSSR count). The Hall–Kier alpha value is -2.34. The highest BCUT2D eigenvalue weighted by Gasteiger charge is 2.25. The number of nitrogens with zero attached hydrogens (tertiary/aromatic N) is 5. The molecule has 0 unspecified atom stereocenters. The first-order valence-corrected chi connectivity index (χ1v) is 7.27. The Labute approximate surface area is 119 Å². The van der Waals surface area contributed by atoms with E-state index in [1.165, 1.54) is 13.8 Å². The highest BCUT2D eigenvalue weighted by Crippen LogP contribution is 2.19. The highest BCUT2D eigenvalue weighted by atomic mass is 32.2. The quantitative estimate of drug-likeness (QED) is 0.586. The van der Waals surface area contributed by atoms with Gasteiger partial charge in [-0.25, -0.2) is 13.1 Å². The predicted octanol–water partition coefficient (Wildman–Crippen LogP) is -1.42. The van der Waals surface area contributed by atoms with Crippen LogP contribution in [0.25, 0.3) is 0 Å². The molecule has 2 heterocycles. The van der Waals surface area contributed by atoms with E-state index in [0.29, 0.717) is 0 Å². The average molecular weight is 315 g/mol. The number of hydrogen-bond donors (Lipinski definition) is 3. The van der Waals surface area contributed by atoms with Crippen molar-refractivity contribution in [1.82, 2.24) is 35.1 Å². The van der Waals surface area contributed by atoms with E-state index in [1.807, 2.05) is 0 Å². The number of sulfonamides is 1. The molecule has 0 aromatic carbocycles. The largest absolute Gasteiger partial charge is 0.480 e. The lowest BCUT2D eigenvalue weighted by Crippen LogP contribution is -2.25. The molecular weight excluding hydrogens is 302 g/mol. The van der Waals surface area contributed by atoms with Crippen LogP contribution in [0.2, 0.25) is 0 Å². The fourth-order valence-electron chi connectivity index (χ4n) is 1.84. The molecule has 0 saturated carbocycles. The van der Waals surface area contributed by atoms with Gasteiger partial charge in [-0.05, 0) is 13.8 Å². The minimum absolute atomic E-state index is 0.0488. The lowest BCUT2D eigenvalue weighted by atomic mass is 10.4. The van der Waals surface area contributed by atoms with Crippen LogP contribution in [-0.4, -0.2) is 49.9 Å². The Kier molecular flexibility index (Phi) is 3.99. The number of rotatable bonds is 6. The third-order valence-corrected chi connectivity index (χ3v) is 4.33. The number of tetrazole rings is 1. The molecule has 0 atom stereocenters. The zero-order chi connectivity index (χ0) is 15.6. The Balaban J connectivity index is 2.27. The van der Waals surface area contributed by atoms with Crippen LogP contribution in [0.1, 0.15) is 17.2 Å². The van der Waals surface area contributed by atoms with E-state index in [-0.39, 0.29) is 28.7 Å². The average Bonchev–Trinajstić information content (AvgIpc) is 2.96. The maximum absolute atomic E-state index is 12.3. The van der Waals surface area contributed by atoms with Gasteiger partial charge in [0.2, 0.25) is 10.0 Å². The fourth-order valence-corrected chi connectivity index (χ4v) is 3.23. The van der Waals surface area contributed by atoms with Crippen molar-refractivity contribution >= 4 is 16.0 Å². The molecule has 0 spiro atoms. The summed E-state index contributed by atoms with van der Waals surface area (Å²) < 4.78 is 28.0. The molecule has 2 aromatic heterocycles. The maximum Gasteiger partial charge on any atom is 0.325 e. The van der Waals surface area contributed by atoms with Gasteiger partial charge in [0.1, 0.15) is 11.4 Å². The van der Waals surface area contributed by atoms with Crippen molar-refractivity contribution < 1.29 is 18.3 Å². The molecular formula is C9H13N7O4S. The van der Waals surface area contributed by atoms with E-state index >= 15 is 0 Å². The van der Waals surface area contributed by atoms with Crippen molar-refractivity contribution in [3.8, 4) is 0 Å². The maximum atomic E-state index is 12.3. The van der Waals surface area contributed by atoms with Crippen LogP contribution in [0.15, 0.2) is 4.90 Å². The van der Waals surface area contributed by atoms with Gasteiger partial charge in [-0.15, -0.1) is 10.2 Å². The van der Waals surface area contributed by atoms with Gasteiger partial charge in [-0.1, -0.05) is 5.21 Å². The number of H-pyrrole nitrogens is 1. The second-order valence-electron chi connectivity index (χ2n) is 4.20. The van der Waals surface area contributed by atoms with E-state index in [2.05, 4.69) is 30.4 Å². The van der Waals surface area contributed by atoms with Crippen molar-refractivity contribution in [3.63, 3.8) is 0 Å². The minimum Gasteiger partial charge on any atom is -0.480 e. The summed E-state index contributed by atoms with van der Waals surface area (Å²) in [7, 11) is -3.86. The summed E-state index contributed by atoms with van der Waals surface area (Å²) in [6, 6.07) is 0. The number of aryl methyl sites for hydroxylation is 1. The lowest BCUT2D eigenvalue weighted by Gasteiger charge is -2.05. The van der Waals surface area contributed by atoms with Crippen LogP contribution in [0.3, 0.4) is 0 Å². The van der Waals surface area contributed by atoms with Crippen LogP contribution in [0.4, 0.5) is 0 Å². The van der Waals surface area contributed by atoms with Crippen LogP contribution in [-0.2, 0) is 27.9 Å². The summed E-state index contributed by atoms with van der Waals surface area (Å²) in [5, 5.41) is 25.5. The number of carboxylic acids is 1. The number of carbonyl (C=O) groups is 1. The summed E-state index contributed by atoms with van der Waals surface area (Å²) in [5.74, 6) is -0.920. The molecule has 0 aliphatic carbocycles. The van der Waals surface area contributed by atoms with E-state index < -0.39 is 22.5 Å². The van der Waals surface area contributed by atoms with Gasteiger partial charge in [0.15, 0.2) is 5.82 Å². The molecule has 2 aromatic rings. The SMILES string of the molecule is Cc1nn(CC(=O)O)c(C)c1S(=O)(=O)NCc1nn[nH]n1. The van der Waals surface area contributed by atoms with Gasteiger partial charge in [0.05, 0.1) is 17.9 Å².